The Morgan fingerprint density at radius 1 is 1.12 bits per heavy atom. The monoisotopic (exact) mass is 348 g/mol. The van der Waals surface area contributed by atoms with E-state index in [2.05, 4.69) is 56.9 Å². The fourth-order valence-corrected chi connectivity index (χ4v) is 4.51. The quantitative estimate of drug-likeness (QED) is 0.721. The van der Waals surface area contributed by atoms with E-state index >= 15 is 0 Å². The molecule has 1 fully saturated rings. The Morgan fingerprint density at radius 2 is 2.04 bits per heavy atom. The number of hydrogen-bond acceptors (Lipinski definition) is 4. The van der Waals surface area contributed by atoms with E-state index in [0.717, 1.165) is 54.8 Å². The average Bonchev–Trinajstić information content (AvgIpc) is 3.32. The molecule has 5 nitrogen and oxygen atoms in total. The molecular formula is C21H24N4O. The standard InChI is InChI=1S/C21H24N4O/c1-14-18-8-9-25(21(18)23-13-22-14)16-6-7-17(10-16)26-20-5-3-4-15-11-24(2)12-19(15)20/h3-5,8-9,13,16-17H,6-7,10-12H2,1-2H3. The van der Waals surface area contributed by atoms with Crippen LogP contribution in [-0.2, 0) is 13.1 Å². The lowest BCUT2D eigenvalue weighted by Gasteiger charge is -2.18. The van der Waals surface area contributed by atoms with Crippen LogP contribution < -0.4 is 4.74 Å². The van der Waals surface area contributed by atoms with Gasteiger partial charge >= 0.3 is 0 Å². The highest BCUT2D eigenvalue weighted by Gasteiger charge is 2.30. The molecule has 2 aliphatic rings. The minimum Gasteiger partial charge on any atom is -0.490 e. The van der Waals surface area contributed by atoms with Crippen molar-refractivity contribution in [3.05, 3.63) is 53.6 Å². The molecular weight excluding hydrogens is 324 g/mol. The predicted molar refractivity (Wildman–Crippen MR) is 101 cm³/mol. The molecule has 2 atom stereocenters. The van der Waals surface area contributed by atoms with Crippen molar-refractivity contribution in [3.8, 4) is 5.75 Å². The first kappa shape index (κ1) is 15.8. The summed E-state index contributed by atoms with van der Waals surface area (Å²) in [6, 6.07) is 9.06. The molecule has 0 radical (unpaired) electrons. The van der Waals surface area contributed by atoms with Gasteiger partial charge in [-0.3, -0.25) is 4.90 Å². The first-order valence-electron chi connectivity index (χ1n) is 9.43. The van der Waals surface area contributed by atoms with E-state index in [4.69, 9.17) is 4.74 Å². The summed E-state index contributed by atoms with van der Waals surface area (Å²) in [5.74, 6) is 1.08. The number of hydrogen-bond donors (Lipinski definition) is 0. The van der Waals surface area contributed by atoms with Crippen LogP contribution >= 0.6 is 0 Å². The summed E-state index contributed by atoms with van der Waals surface area (Å²) in [4.78, 5) is 11.2. The molecule has 1 saturated carbocycles. The van der Waals surface area contributed by atoms with Gasteiger partial charge in [0.15, 0.2) is 0 Å². The average molecular weight is 348 g/mol. The molecule has 1 aliphatic carbocycles. The number of ether oxygens (including phenoxy) is 1. The number of aromatic nitrogens is 3. The van der Waals surface area contributed by atoms with Crippen LogP contribution in [0.1, 0.15) is 42.1 Å². The zero-order valence-electron chi connectivity index (χ0n) is 15.4. The SMILES string of the molecule is Cc1ncnc2c1ccn2C1CCC(Oc2cccc3c2CN(C)C3)C1. The van der Waals surface area contributed by atoms with E-state index < -0.39 is 0 Å². The molecule has 26 heavy (non-hydrogen) atoms. The summed E-state index contributed by atoms with van der Waals surface area (Å²) in [5, 5.41) is 1.15. The molecule has 5 rings (SSSR count). The zero-order valence-corrected chi connectivity index (χ0v) is 15.4. The van der Waals surface area contributed by atoms with Gasteiger partial charge in [0.05, 0.1) is 5.69 Å². The Labute approximate surface area is 153 Å². The van der Waals surface area contributed by atoms with Gasteiger partial charge in [0, 0.05) is 42.7 Å². The van der Waals surface area contributed by atoms with Gasteiger partial charge in [-0.2, -0.15) is 0 Å². The first-order valence-corrected chi connectivity index (χ1v) is 9.43. The number of benzene rings is 1. The fraction of sp³-hybridized carbons (Fsp3) is 0.429. The van der Waals surface area contributed by atoms with Gasteiger partial charge in [-0.25, -0.2) is 9.97 Å². The maximum absolute atomic E-state index is 6.46. The van der Waals surface area contributed by atoms with Crippen LogP contribution in [0, 0.1) is 6.92 Å². The van der Waals surface area contributed by atoms with Crippen LogP contribution in [0.4, 0.5) is 0 Å². The minimum absolute atomic E-state index is 0.276. The van der Waals surface area contributed by atoms with Crippen LogP contribution in [0.3, 0.4) is 0 Å². The van der Waals surface area contributed by atoms with Gasteiger partial charge in [-0.05, 0) is 44.5 Å². The fourth-order valence-electron chi connectivity index (χ4n) is 4.51. The Kier molecular flexibility index (Phi) is 3.71. The molecule has 2 aromatic heterocycles. The largest absolute Gasteiger partial charge is 0.490 e. The summed E-state index contributed by atoms with van der Waals surface area (Å²) >= 11 is 0. The third-order valence-corrected chi connectivity index (χ3v) is 5.85. The normalized spacial score (nSPS) is 22.8. The predicted octanol–water partition coefficient (Wildman–Crippen LogP) is 3.86. The van der Waals surface area contributed by atoms with Gasteiger partial charge in [0.1, 0.15) is 23.8 Å². The molecule has 0 saturated heterocycles. The number of rotatable bonds is 3. The Hall–Kier alpha value is -2.40. The molecule has 3 aromatic rings. The molecule has 1 aliphatic heterocycles. The van der Waals surface area contributed by atoms with E-state index in [1.165, 1.54) is 11.1 Å². The molecule has 0 bridgehead atoms. The van der Waals surface area contributed by atoms with Crippen molar-refractivity contribution in [1.29, 1.82) is 0 Å². The third kappa shape index (κ3) is 2.58. The van der Waals surface area contributed by atoms with Crippen molar-refractivity contribution in [2.75, 3.05) is 7.05 Å². The molecule has 0 N–H and O–H groups in total. The van der Waals surface area contributed by atoms with Gasteiger partial charge in [0.2, 0.25) is 0 Å². The molecule has 2 unspecified atom stereocenters. The molecule has 5 heteroatoms. The number of nitrogens with zero attached hydrogens (tertiary/aromatic N) is 4. The van der Waals surface area contributed by atoms with Crippen LogP contribution in [-0.4, -0.2) is 32.6 Å². The van der Waals surface area contributed by atoms with Crippen molar-refractivity contribution in [2.45, 2.75) is 51.4 Å². The lowest BCUT2D eigenvalue weighted by Crippen LogP contribution is -2.15. The first-order chi connectivity index (χ1) is 12.7. The molecule has 1 aromatic carbocycles. The highest BCUT2D eigenvalue weighted by atomic mass is 16.5. The van der Waals surface area contributed by atoms with Crippen molar-refractivity contribution in [3.63, 3.8) is 0 Å². The highest BCUT2D eigenvalue weighted by molar-refractivity contribution is 5.78. The molecule has 0 spiro atoms. The van der Waals surface area contributed by atoms with Crippen molar-refractivity contribution >= 4 is 11.0 Å². The zero-order chi connectivity index (χ0) is 17.7. The Morgan fingerprint density at radius 3 is 2.96 bits per heavy atom. The maximum Gasteiger partial charge on any atom is 0.143 e. The van der Waals surface area contributed by atoms with Crippen LogP contribution in [0.2, 0.25) is 0 Å². The maximum atomic E-state index is 6.46. The van der Waals surface area contributed by atoms with Gasteiger partial charge in [-0.15, -0.1) is 0 Å². The molecule has 3 heterocycles. The van der Waals surface area contributed by atoms with Crippen molar-refractivity contribution in [1.82, 2.24) is 19.4 Å². The van der Waals surface area contributed by atoms with E-state index in [-0.39, 0.29) is 6.10 Å². The topological polar surface area (TPSA) is 43.2 Å². The second-order valence-corrected chi connectivity index (χ2v) is 7.69. The number of fused-ring (bicyclic) bond motifs is 2. The van der Waals surface area contributed by atoms with Crippen LogP contribution in [0.5, 0.6) is 5.75 Å². The summed E-state index contributed by atoms with van der Waals surface area (Å²) in [5.41, 5.74) is 4.87. The summed E-state index contributed by atoms with van der Waals surface area (Å²) in [6.45, 7) is 4.05. The lowest BCUT2D eigenvalue weighted by molar-refractivity contribution is 0.201. The highest BCUT2D eigenvalue weighted by Crippen LogP contribution is 2.37. The third-order valence-electron chi connectivity index (χ3n) is 5.85. The second kappa shape index (κ2) is 6.09. The van der Waals surface area contributed by atoms with Crippen molar-refractivity contribution < 1.29 is 4.74 Å². The Balaban J connectivity index is 1.35. The number of aryl methyl sites for hydroxylation is 1. The van der Waals surface area contributed by atoms with Gasteiger partial charge < -0.3 is 9.30 Å². The van der Waals surface area contributed by atoms with E-state index in [1.54, 1.807) is 6.33 Å². The van der Waals surface area contributed by atoms with Crippen LogP contribution in [0.25, 0.3) is 11.0 Å². The summed E-state index contributed by atoms with van der Waals surface area (Å²) in [6.07, 6.45) is 7.36. The smallest absolute Gasteiger partial charge is 0.143 e. The van der Waals surface area contributed by atoms with Gasteiger partial charge in [0.25, 0.3) is 0 Å². The molecule has 0 amide bonds. The van der Waals surface area contributed by atoms with Crippen LogP contribution in [0.15, 0.2) is 36.8 Å². The van der Waals surface area contributed by atoms with Gasteiger partial charge in [-0.1, -0.05) is 12.1 Å². The van der Waals surface area contributed by atoms with E-state index in [9.17, 15) is 0 Å². The second-order valence-electron chi connectivity index (χ2n) is 7.69. The lowest BCUT2D eigenvalue weighted by atomic mass is 10.1. The minimum atomic E-state index is 0.276. The molecule has 134 valence electrons. The van der Waals surface area contributed by atoms with Crippen molar-refractivity contribution in [2.24, 2.45) is 0 Å². The van der Waals surface area contributed by atoms with E-state index in [0.29, 0.717) is 6.04 Å². The van der Waals surface area contributed by atoms with E-state index in [1.807, 2.05) is 6.92 Å². The Bertz CT molecular complexity index is 964. The summed E-state index contributed by atoms with van der Waals surface area (Å²) in [7, 11) is 2.16. The summed E-state index contributed by atoms with van der Waals surface area (Å²) < 4.78 is 8.77.